The summed E-state index contributed by atoms with van der Waals surface area (Å²) < 4.78 is 4.42. The zero-order valence-electron chi connectivity index (χ0n) is 9.28. The van der Waals surface area contributed by atoms with Gasteiger partial charge in [0.05, 0.1) is 7.11 Å². The lowest BCUT2D eigenvalue weighted by Gasteiger charge is -2.08. The highest BCUT2D eigenvalue weighted by Crippen LogP contribution is 2.27. The average Bonchev–Trinajstić information content (AvgIpc) is 2.25. The molecule has 0 saturated heterocycles. The number of hydrogen-bond acceptors (Lipinski definition) is 4. The van der Waals surface area contributed by atoms with E-state index in [1.54, 1.807) is 0 Å². The number of rotatable bonds is 3. The fraction of sp³-hybridized carbons (Fsp3) is 0.364. The van der Waals surface area contributed by atoms with Crippen molar-refractivity contribution >= 4 is 6.09 Å². The van der Waals surface area contributed by atoms with Gasteiger partial charge < -0.3 is 20.3 Å². The molecule has 3 N–H and O–H groups in total. The lowest BCUT2D eigenvalue weighted by Crippen LogP contribution is -2.25. The van der Waals surface area contributed by atoms with Crippen LogP contribution in [-0.4, -0.2) is 30.0 Å². The highest BCUT2D eigenvalue weighted by Gasteiger charge is 2.06. The summed E-state index contributed by atoms with van der Waals surface area (Å²) in [5.41, 5.74) is 1.73. The van der Waals surface area contributed by atoms with Gasteiger partial charge in [-0.15, -0.1) is 0 Å². The monoisotopic (exact) mass is 225 g/mol. The topological polar surface area (TPSA) is 78.8 Å². The molecule has 0 heterocycles. The summed E-state index contributed by atoms with van der Waals surface area (Å²) in [7, 11) is 1.30. The van der Waals surface area contributed by atoms with Crippen LogP contribution < -0.4 is 5.32 Å². The molecule has 0 aliphatic heterocycles. The van der Waals surface area contributed by atoms with Crippen LogP contribution in [0.25, 0.3) is 0 Å². The Labute approximate surface area is 93.7 Å². The van der Waals surface area contributed by atoms with Gasteiger partial charge in [0.25, 0.3) is 0 Å². The Balaban J connectivity index is 2.60. The number of aromatic hydroxyl groups is 2. The van der Waals surface area contributed by atoms with E-state index in [2.05, 4.69) is 10.1 Å². The molecule has 0 aliphatic rings. The number of carbonyl (C=O) groups excluding carboxylic acids is 1. The van der Waals surface area contributed by atoms with E-state index >= 15 is 0 Å². The van der Waals surface area contributed by atoms with E-state index in [1.807, 2.05) is 6.92 Å². The van der Waals surface area contributed by atoms with Crippen LogP contribution in [0.5, 0.6) is 11.5 Å². The van der Waals surface area contributed by atoms with E-state index in [-0.39, 0.29) is 11.5 Å². The zero-order chi connectivity index (χ0) is 12.1. The quantitative estimate of drug-likeness (QED) is 0.677. The fourth-order valence-electron chi connectivity index (χ4n) is 1.37. The smallest absolute Gasteiger partial charge is 0.406 e. The third-order valence-electron chi connectivity index (χ3n) is 2.28. The van der Waals surface area contributed by atoms with Crippen molar-refractivity contribution in [2.75, 3.05) is 13.7 Å². The molecule has 0 bridgehead atoms. The second-order valence-electron chi connectivity index (χ2n) is 3.44. The highest BCUT2D eigenvalue weighted by atomic mass is 16.5. The van der Waals surface area contributed by atoms with E-state index in [9.17, 15) is 15.0 Å². The van der Waals surface area contributed by atoms with Crippen LogP contribution in [0, 0.1) is 6.92 Å². The summed E-state index contributed by atoms with van der Waals surface area (Å²) in [6.45, 7) is 2.24. The molecule has 16 heavy (non-hydrogen) atoms. The molecular weight excluding hydrogens is 210 g/mol. The summed E-state index contributed by atoms with van der Waals surface area (Å²) >= 11 is 0. The molecule has 0 atom stereocenters. The first-order valence-corrected chi connectivity index (χ1v) is 4.88. The first kappa shape index (κ1) is 12.2. The number of phenols is 2. The van der Waals surface area contributed by atoms with Crippen molar-refractivity contribution in [1.29, 1.82) is 0 Å². The van der Waals surface area contributed by atoms with E-state index in [0.717, 1.165) is 11.1 Å². The molecule has 5 heteroatoms. The van der Waals surface area contributed by atoms with Crippen molar-refractivity contribution in [2.45, 2.75) is 13.3 Å². The minimum atomic E-state index is -0.486. The molecule has 1 aromatic rings. The molecule has 0 saturated carbocycles. The molecule has 0 aliphatic carbocycles. The Morgan fingerprint density at radius 2 is 2.00 bits per heavy atom. The molecule has 1 amide bonds. The van der Waals surface area contributed by atoms with Gasteiger partial charge in [-0.3, -0.25) is 0 Å². The summed E-state index contributed by atoms with van der Waals surface area (Å²) in [6.07, 6.45) is 0.0788. The molecule has 0 unspecified atom stereocenters. The summed E-state index contributed by atoms with van der Waals surface area (Å²) in [5.74, 6) is -0.291. The van der Waals surface area contributed by atoms with Crippen LogP contribution in [0.15, 0.2) is 12.1 Å². The number of methoxy groups -OCH3 is 1. The molecule has 5 nitrogen and oxygen atoms in total. The first-order valence-electron chi connectivity index (χ1n) is 4.88. The Kier molecular flexibility index (Phi) is 3.99. The Bertz CT molecular complexity index is 390. The normalized spacial score (nSPS) is 9.88. The van der Waals surface area contributed by atoms with Crippen LogP contribution in [0.3, 0.4) is 0 Å². The van der Waals surface area contributed by atoms with Crippen molar-refractivity contribution in [1.82, 2.24) is 5.32 Å². The SMILES string of the molecule is COC(=O)NCCc1cc(O)c(O)cc1C. The van der Waals surface area contributed by atoms with Crippen molar-refractivity contribution in [2.24, 2.45) is 0 Å². The second kappa shape index (κ2) is 5.25. The van der Waals surface area contributed by atoms with Crippen LogP contribution in [-0.2, 0) is 11.2 Å². The van der Waals surface area contributed by atoms with Crippen molar-refractivity contribution in [3.05, 3.63) is 23.3 Å². The van der Waals surface area contributed by atoms with E-state index in [0.29, 0.717) is 13.0 Å². The lowest BCUT2D eigenvalue weighted by molar-refractivity contribution is 0.171. The maximum atomic E-state index is 10.8. The van der Waals surface area contributed by atoms with E-state index in [4.69, 9.17) is 0 Å². The molecule has 0 radical (unpaired) electrons. The van der Waals surface area contributed by atoms with Gasteiger partial charge in [0.1, 0.15) is 0 Å². The third kappa shape index (κ3) is 3.05. The largest absolute Gasteiger partial charge is 0.504 e. The van der Waals surface area contributed by atoms with Crippen molar-refractivity contribution in [3.8, 4) is 11.5 Å². The number of alkyl carbamates (subject to hydrolysis) is 1. The number of hydrogen-bond donors (Lipinski definition) is 3. The minimum Gasteiger partial charge on any atom is -0.504 e. The van der Waals surface area contributed by atoms with Gasteiger partial charge in [0.2, 0.25) is 0 Å². The predicted octanol–water partition coefficient (Wildman–Crippen LogP) is 1.30. The average molecular weight is 225 g/mol. The van der Waals surface area contributed by atoms with E-state index < -0.39 is 6.09 Å². The molecule has 0 spiro atoms. The maximum absolute atomic E-state index is 10.8. The minimum absolute atomic E-state index is 0.137. The highest BCUT2D eigenvalue weighted by molar-refractivity contribution is 5.66. The standard InChI is InChI=1S/C11H15NO4/c1-7-5-9(13)10(14)6-8(7)3-4-12-11(15)16-2/h5-6,13-14H,3-4H2,1-2H3,(H,12,15). The number of ether oxygens (including phenoxy) is 1. The van der Waals surface area contributed by atoms with Crippen LogP contribution >= 0.6 is 0 Å². The van der Waals surface area contributed by atoms with Gasteiger partial charge in [-0.05, 0) is 36.6 Å². The first-order chi connectivity index (χ1) is 7.54. The van der Waals surface area contributed by atoms with Crippen molar-refractivity contribution in [3.63, 3.8) is 0 Å². The lowest BCUT2D eigenvalue weighted by atomic mass is 10.0. The zero-order valence-corrected chi connectivity index (χ0v) is 9.28. The summed E-state index contributed by atoms with van der Waals surface area (Å²) in [6, 6.07) is 2.98. The van der Waals surface area contributed by atoms with Crippen molar-refractivity contribution < 1.29 is 19.7 Å². The number of carbonyl (C=O) groups is 1. The number of aryl methyl sites for hydroxylation is 1. The van der Waals surface area contributed by atoms with Gasteiger partial charge in [-0.1, -0.05) is 0 Å². The fourth-order valence-corrected chi connectivity index (χ4v) is 1.37. The Morgan fingerprint density at radius 1 is 1.38 bits per heavy atom. The number of amides is 1. The number of nitrogens with one attached hydrogen (secondary N) is 1. The number of benzene rings is 1. The van der Waals surface area contributed by atoms with Gasteiger partial charge >= 0.3 is 6.09 Å². The predicted molar refractivity (Wildman–Crippen MR) is 58.6 cm³/mol. The molecule has 1 aromatic carbocycles. The molecule has 0 aromatic heterocycles. The third-order valence-corrected chi connectivity index (χ3v) is 2.28. The molecular formula is C11H15NO4. The van der Waals surface area contributed by atoms with Gasteiger partial charge in [0, 0.05) is 6.54 Å². The summed E-state index contributed by atoms with van der Waals surface area (Å²) in [4.78, 5) is 10.8. The second-order valence-corrected chi connectivity index (χ2v) is 3.44. The molecule has 0 fully saturated rings. The van der Waals surface area contributed by atoms with Gasteiger partial charge in [0.15, 0.2) is 11.5 Å². The summed E-state index contributed by atoms with van der Waals surface area (Å²) in [5, 5.41) is 21.1. The van der Waals surface area contributed by atoms with E-state index in [1.165, 1.54) is 19.2 Å². The number of phenolic OH excluding ortho intramolecular Hbond substituents is 2. The van der Waals surface area contributed by atoms with Gasteiger partial charge in [-0.25, -0.2) is 4.79 Å². The van der Waals surface area contributed by atoms with Crippen LogP contribution in [0.2, 0.25) is 0 Å². The van der Waals surface area contributed by atoms with Crippen LogP contribution in [0.1, 0.15) is 11.1 Å². The Hall–Kier alpha value is -1.91. The van der Waals surface area contributed by atoms with Gasteiger partial charge in [-0.2, -0.15) is 0 Å². The molecule has 1 rings (SSSR count). The Morgan fingerprint density at radius 3 is 2.62 bits per heavy atom. The molecule has 88 valence electrons. The van der Waals surface area contributed by atoms with Crippen LogP contribution in [0.4, 0.5) is 4.79 Å². The maximum Gasteiger partial charge on any atom is 0.406 e.